The normalized spacial score (nSPS) is 10.6. The van der Waals surface area contributed by atoms with Crippen molar-refractivity contribution < 1.29 is 4.74 Å². The smallest absolute Gasteiger partial charge is 0.119 e. The molecule has 0 N–H and O–H groups in total. The molecule has 0 atom stereocenters. The van der Waals surface area contributed by atoms with E-state index in [1.807, 2.05) is 89.7 Å². The highest BCUT2D eigenvalue weighted by Crippen LogP contribution is 2.22. The van der Waals surface area contributed by atoms with Crippen molar-refractivity contribution in [2.75, 3.05) is 0 Å². The molecule has 3 heteroatoms. The van der Waals surface area contributed by atoms with Gasteiger partial charge in [-0.1, -0.05) is 48.5 Å². The molecule has 0 aliphatic carbocycles. The molecular weight excluding hydrogens is 308 g/mol. The van der Waals surface area contributed by atoms with Crippen LogP contribution in [0.15, 0.2) is 97.2 Å². The van der Waals surface area contributed by atoms with E-state index >= 15 is 0 Å². The van der Waals surface area contributed by atoms with Gasteiger partial charge < -0.3 is 4.74 Å². The maximum atomic E-state index is 5.83. The van der Waals surface area contributed by atoms with Crippen LogP contribution in [-0.2, 0) is 6.61 Å². The van der Waals surface area contributed by atoms with Crippen LogP contribution in [0.3, 0.4) is 0 Å². The van der Waals surface area contributed by atoms with E-state index in [9.17, 15) is 0 Å². The van der Waals surface area contributed by atoms with Crippen LogP contribution in [0, 0.1) is 0 Å². The minimum atomic E-state index is 0.572. The van der Waals surface area contributed by atoms with Crippen LogP contribution in [0.1, 0.15) is 5.56 Å². The van der Waals surface area contributed by atoms with Gasteiger partial charge in [-0.2, -0.15) is 5.10 Å². The number of benzene rings is 3. The van der Waals surface area contributed by atoms with Gasteiger partial charge in [-0.3, -0.25) is 0 Å². The Morgan fingerprint density at radius 2 is 1.40 bits per heavy atom. The summed E-state index contributed by atoms with van der Waals surface area (Å²) in [4.78, 5) is 0. The number of nitrogens with zero attached hydrogens (tertiary/aromatic N) is 2. The van der Waals surface area contributed by atoms with E-state index in [1.165, 1.54) is 0 Å². The number of para-hydroxylation sites is 1. The third-order valence-electron chi connectivity index (χ3n) is 4.01. The van der Waals surface area contributed by atoms with Crippen LogP contribution in [0.5, 0.6) is 5.75 Å². The molecule has 3 nitrogen and oxygen atoms in total. The van der Waals surface area contributed by atoms with Crippen LogP contribution in [-0.4, -0.2) is 9.78 Å². The van der Waals surface area contributed by atoms with Gasteiger partial charge in [0.25, 0.3) is 0 Å². The maximum Gasteiger partial charge on any atom is 0.119 e. The number of aromatic nitrogens is 2. The molecule has 0 unspecified atom stereocenters. The van der Waals surface area contributed by atoms with Crippen molar-refractivity contribution in [3.05, 3.63) is 103 Å². The minimum Gasteiger partial charge on any atom is -0.489 e. The predicted molar refractivity (Wildman–Crippen MR) is 99.8 cm³/mol. The monoisotopic (exact) mass is 326 g/mol. The van der Waals surface area contributed by atoms with Gasteiger partial charge in [-0.15, -0.1) is 0 Å². The number of ether oxygens (including phenoxy) is 1. The Hall–Kier alpha value is -3.33. The van der Waals surface area contributed by atoms with Gasteiger partial charge in [0.15, 0.2) is 0 Å². The molecule has 25 heavy (non-hydrogen) atoms. The summed E-state index contributed by atoms with van der Waals surface area (Å²) in [6.45, 7) is 0.572. The lowest BCUT2D eigenvalue weighted by Gasteiger charge is -2.07. The first-order valence-electron chi connectivity index (χ1n) is 8.27. The lowest BCUT2D eigenvalue weighted by atomic mass is 10.1. The number of hydrogen-bond donors (Lipinski definition) is 0. The fourth-order valence-electron chi connectivity index (χ4n) is 2.67. The first-order chi connectivity index (χ1) is 12.4. The van der Waals surface area contributed by atoms with E-state index in [0.29, 0.717) is 6.61 Å². The fourth-order valence-corrected chi connectivity index (χ4v) is 2.67. The molecule has 122 valence electrons. The molecule has 0 radical (unpaired) electrons. The Bertz CT molecular complexity index is 929. The summed E-state index contributed by atoms with van der Waals surface area (Å²) in [5, 5.41) is 4.65. The molecule has 0 aliphatic rings. The largest absolute Gasteiger partial charge is 0.489 e. The van der Waals surface area contributed by atoms with Crippen molar-refractivity contribution in [2.45, 2.75) is 6.61 Å². The molecule has 0 saturated carbocycles. The molecule has 4 aromatic rings. The second-order valence-electron chi connectivity index (χ2n) is 5.78. The lowest BCUT2D eigenvalue weighted by molar-refractivity contribution is 0.306. The van der Waals surface area contributed by atoms with Crippen LogP contribution in [0.2, 0.25) is 0 Å². The quantitative estimate of drug-likeness (QED) is 0.509. The van der Waals surface area contributed by atoms with Gasteiger partial charge in [-0.05, 0) is 48.0 Å². The highest BCUT2D eigenvalue weighted by molar-refractivity contribution is 5.60. The lowest BCUT2D eigenvalue weighted by Crippen LogP contribution is -1.95. The molecule has 0 saturated heterocycles. The molecule has 3 aromatic carbocycles. The first kappa shape index (κ1) is 15.2. The SMILES string of the molecule is c1ccc(COc2ccc(-c3ccn(-c4ccccc4)n3)cc2)cc1. The number of hydrogen-bond acceptors (Lipinski definition) is 2. The molecule has 1 heterocycles. The summed E-state index contributed by atoms with van der Waals surface area (Å²) in [6.07, 6.45) is 1.98. The van der Waals surface area contributed by atoms with Gasteiger partial charge >= 0.3 is 0 Å². The zero-order chi connectivity index (χ0) is 16.9. The Kier molecular flexibility index (Phi) is 4.29. The van der Waals surface area contributed by atoms with Crippen LogP contribution >= 0.6 is 0 Å². The highest BCUT2D eigenvalue weighted by Gasteiger charge is 2.04. The Morgan fingerprint density at radius 1 is 0.720 bits per heavy atom. The van der Waals surface area contributed by atoms with Gasteiger partial charge in [-0.25, -0.2) is 4.68 Å². The Labute approximate surface area is 147 Å². The summed E-state index contributed by atoms with van der Waals surface area (Å²) >= 11 is 0. The standard InChI is InChI=1S/C22H18N2O/c1-3-7-18(8-4-1)17-25-21-13-11-19(12-14-21)22-15-16-24(23-22)20-9-5-2-6-10-20/h1-16H,17H2. The summed E-state index contributed by atoms with van der Waals surface area (Å²) in [5.41, 5.74) is 4.23. The number of rotatable bonds is 5. The topological polar surface area (TPSA) is 27.1 Å². The van der Waals surface area contributed by atoms with E-state index in [4.69, 9.17) is 4.74 Å². The van der Waals surface area contributed by atoms with Crippen LogP contribution in [0.25, 0.3) is 16.9 Å². The van der Waals surface area contributed by atoms with Crippen molar-refractivity contribution >= 4 is 0 Å². The van der Waals surface area contributed by atoms with E-state index in [1.54, 1.807) is 0 Å². The van der Waals surface area contributed by atoms with E-state index in [-0.39, 0.29) is 0 Å². The van der Waals surface area contributed by atoms with Gasteiger partial charge in [0.1, 0.15) is 12.4 Å². The highest BCUT2D eigenvalue weighted by atomic mass is 16.5. The first-order valence-corrected chi connectivity index (χ1v) is 8.27. The molecule has 0 aliphatic heterocycles. The third-order valence-corrected chi connectivity index (χ3v) is 4.01. The average Bonchev–Trinajstić information content (AvgIpc) is 3.19. The minimum absolute atomic E-state index is 0.572. The van der Waals surface area contributed by atoms with Crippen LogP contribution in [0.4, 0.5) is 0 Å². The summed E-state index contributed by atoms with van der Waals surface area (Å²) < 4.78 is 7.72. The molecule has 0 spiro atoms. The van der Waals surface area contributed by atoms with Gasteiger partial charge in [0.2, 0.25) is 0 Å². The molecule has 0 bridgehead atoms. The van der Waals surface area contributed by atoms with Crippen LogP contribution < -0.4 is 4.74 Å². The van der Waals surface area contributed by atoms with E-state index in [2.05, 4.69) is 17.2 Å². The van der Waals surface area contributed by atoms with Crippen molar-refractivity contribution in [1.82, 2.24) is 9.78 Å². The van der Waals surface area contributed by atoms with Crippen molar-refractivity contribution in [3.8, 4) is 22.7 Å². The van der Waals surface area contributed by atoms with Crippen molar-refractivity contribution in [1.29, 1.82) is 0 Å². The van der Waals surface area contributed by atoms with Crippen molar-refractivity contribution in [2.24, 2.45) is 0 Å². The second kappa shape index (κ2) is 7.05. The van der Waals surface area contributed by atoms with Crippen molar-refractivity contribution in [3.63, 3.8) is 0 Å². The van der Waals surface area contributed by atoms with E-state index < -0.39 is 0 Å². The zero-order valence-electron chi connectivity index (χ0n) is 13.7. The van der Waals surface area contributed by atoms with E-state index in [0.717, 1.165) is 28.3 Å². The Balaban J connectivity index is 1.46. The third kappa shape index (κ3) is 3.61. The summed E-state index contributed by atoms with van der Waals surface area (Å²) in [7, 11) is 0. The second-order valence-corrected chi connectivity index (χ2v) is 5.78. The molecular formula is C22H18N2O. The maximum absolute atomic E-state index is 5.83. The fraction of sp³-hybridized carbons (Fsp3) is 0.0455. The molecule has 4 rings (SSSR count). The Morgan fingerprint density at radius 3 is 2.12 bits per heavy atom. The average molecular weight is 326 g/mol. The predicted octanol–water partition coefficient (Wildman–Crippen LogP) is 5.12. The molecule has 0 amide bonds. The molecule has 0 fully saturated rings. The van der Waals surface area contributed by atoms with Gasteiger partial charge in [0, 0.05) is 11.8 Å². The zero-order valence-corrected chi connectivity index (χ0v) is 13.7. The van der Waals surface area contributed by atoms with Gasteiger partial charge in [0.05, 0.1) is 11.4 Å². The molecule has 1 aromatic heterocycles. The summed E-state index contributed by atoms with van der Waals surface area (Å²) in [5.74, 6) is 0.857. The summed E-state index contributed by atoms with van der Waals surface area (Å²) in [6, 6.07) is 30.3.